The van der Waals surface area contributed by atoms with E-state index < -0.39 is 0 Å². The van der Waals surface area contributed by atoms with E-state index in [4.69, 9.17) is 0 Å². The van der Waals surface area contributed by atoms with E-state index in [1.165, 1.54) is 0 Å². The van der Waals surface area contributed by atoms with Crippen molar-refractivity contribution in [3.63, 3.8) is 0 Å². The van der Waals surface area contributed by atoms with Crippen LogP contribution in [0.2, 0.25) is 0 Å². The van der Waals surface area contributed by atoms with Crippen LogP contribution in [0.4, 0.5) is 0 Å². The lowest BCUT2D eigenvalue weighted by molar-refractivity contribution is -0.108. The van der Waals surface area contributed by atoms with Gasteiger partial charge in [-0.1, -0.05) is 22.6 Å². The highest BCUT2D eigenvalue weighted by Gasteiger charge is 1.97. The smallest absolute Gasteiger partial charge is 0.132 e. The number of aldehydes is 2. The highest BCUT2D eigenvalue weighted by molar-refractivity contribution is 14.1. The summed E-state index contributed by atoms with van der Waals surface area (Å²) in [7, 11) is 0. The first kappa shape index (κ1) is 8.07. The molecule has 0 fully saturated rings. The van der Waals surface area contributed by atoms with Gasteiger partial charge in [0, 0.05) is 6.42 Å². The first-order valence-corrected chi connectivity index (χ1v) is 3.59. The lowest BCUT2D eigenvalue weighted by Crippen LogP contribution is -1.97. The fourth-order valence-corrected chi connectivity index (χ4v) is 0.655. The summed E-state index contributed by atoms with van der Waals surface area (Å²) < 4.78 is 0.0119. The summed E-state index contributed by atoms with van der Waals surface area (Å²) >= 11 is 2.00. The third kappa shape index (κ3) is 4.23. The molecule has 0 saturated carbocycles. The van der Waals surface area contributed by atoms with Gasteiger partial charge in [0.2, 0.25) is 0 Å². The summed E-state index contributed by atoms with van der Waals surface area (Å²) in [6.45, 7) is 0. The Morgan fingerprint density at radius 2 is 2.12 bits per heavy atom. The summed E-state index contributed by atoms with van der Waals surface area (Å²) in [5.74, 6) is 0. The van der Waals surface area contributed by atoms with Gasteiger partial charge in [-0.25, -0.2) is 0 Å². The Morgan fingerprint density at radius 3 is 2.50 bits per heavy atom. The molecule has 0 radical (unpaired) electrons. The second-order valence-electron chi connectivity index (χ2n) is 1.40. The van der Waals surface area contributed by atoms with Gasteiger partial charge in [-0.05, 0) is 6.42 Å². The van der Waals surface area contributed by atoms with Crippen LogP contribution in [0.25, 0.3) is 0 Å². The van der Waals surface area contributed by atoms with Gasteiger partial charge in [0.15, 0.2) is 0 Å². The summed E-state index contributed by atoms with van der Waals surface area (Å²) in [6, 6.07) is 0. The van der Waals surface area contributed by atoms with Gasteiger partial charge in [-0.15, -0.1) is 0 Å². The third-order valence-electron chi connectivity index (χ3n) is 0.708. The highest BCUT2D eigenvalue weighted by atomic mass is 127. The number of alkyl halides is 1. The summed E-state index contributed by atoms with van der Waals surface area (Å²) in [6.07, 6.45) is 2.85. The van der Waals surface area contributed by atoms with Crippen molar-refractivity contribution in [2.75, 3.05) is 0 Å². The van der Waals surface area contributed by atoms with Crippen LogP contribution in [0.3, 0.4) is 0 Å². The predicted octanol–water partition coefficient (Wildman–Crippen LogP) is 0.968. The molecule has 0 heterocycles. The normalized spacial score (nSPS) is 12.6. The van der Waals surface area contributed by atoms with E-state index in [0.717, 1.165) is 12.6 Å². The lowest BCUT2D eigenvalue weighted by atomic mass is 10.3. The van der Waals surface area contributed by atoms with E-state index in [2.05, 4.69) is 0 Å². The van der Waals surface area contributed by atoms with Crippen molar-refractivity contribution in [2.24, 2.45) is 0 Å². The molecule has 1 atom stereocenters. The monoisotopic (exact) mass is 226 g/mol. The van der Waals surface area contributed by atoms with Gasteiger partial charge in [0.05, 0.1) is 3.92 Å². The standard InChI is InChI=1S/C5H7IO2/c6-5(4-8)2-1-3-7/h3-5H,1-2H2. The van der Waals surface area contributed by atoms with E-state index in [0.29, 0.717) is 12.8 Å². The Balaban J connectivity index is 3.09. The van der Waals surface area contributed by atoms with Gasteiger partial charge >= 0.3 is 0 Å². The molecule has 0 N–H and O–H groups in total. The number of carbonyl (C=O) groups is 2. The van der Waals surface area contributed by atoms with Crippen LogP contribution >= 0.6 is 22.6 Å². The van der Waals surface area contributed by atoms with Crippen LogP contribution in [0.15, 0.2) is 0 Å². The van der Waals surface area contributed by atoms with E-state index in [1.807, 2.05) is 22.6 Å². The first-order chi connectivity index (χ1) is 3.81. The molecule has 0 spiro atoms. The zero-order chi connectivity index (χ0) is 6.41. The quantitative estimate of drug-likeness (QED) is 0.406. The fourth-order valence-electron chi connectivity index (χ4n) is 0.295. The van der Waals surface area contributed by atoms with Crippen LogP contribution in [-0.2, 0) is 9.59 Å². The molecule has 0 amide bonds. The molecule has 46 valence electrons. The van der Waals surface area contributed by atoms with Crippen molar-refractivity contribution in [3.05, 3.63) is 0 Å². The van der Waals surface area contributed by atoms with E-state index in [-0.39, 0.29) is 3.92 Å². The van der Waals surface area contributed by atoms with Crippen molar-refractivity contribution in [1.29, 1.82) is 0 Å². The summed E-state index contributed by atoms with van der Waals surface area (Å²) in [5, 5.41) is 0. The van der Waals surface area contributed by atoms with Crippen LogP contribution in [0.1, 0.15) is 12.8 Å². The number of carbonyl (C=O) groups excluding carboxylic acids is 2. The molecule has 0 bridgehead atoms. The van der Waals surface area contributed by atoms with Crippen molar-refractivity contribution >= 4 is 35.2 Å². The molecule has 0 rings (SSSR count). The molecular formula is C5H7IO2. The molecule has 3 heteroatoms. The molecule has 0 aromatic heterocycles. The van der Waals surface area contributed by atoms with E-state index in [9.17, 15) is 9.59 Å². The fraction of sp³-hybridized carbons (Fsp3) is 0.600. The zero-order valence-corrected chi connectivity index (χ0v) is 6.50. The average Bonchev–Trinajstić information content (AvgIpc) is 1.83. The Hall–Kier alpha value is 0.0700. The van der Waals surface area contributed by atoms with Crippen molar-refractivity contribution in [3.8, 4) is 0 Å². The molecule has 8 heavy (non-hydrogen) atoms. The second kappa shape index (κ2) is 5.21. The number of hydrogen-bond donors (Lipinski definition) is 0. The van der Waals surface area contributed by atoms with Crippen molar-refractivity contribution in [2.45, 2.75) is 16.8 Å². The third-order valence-corrected chi connectivity index (χ3v) is 1.62. The van der Waals surface area contributed by atoms with Crippen LogP contribution < -0.4 is 0 Å². The van der Waals surface area contributed by atoms with Crippen LogP contribution in [0.5, 0.6) is 0 Å². The molecule has 0 aliphatic rings. The lowest BCUT2D eigenvalue weighted by Gasteiger charge is -1.92. The second-order valence-corrected chi connectivity index (χ2v) is 3.00. The van der Waals surface area contributed by atoms with Gasteiger partial charge in [-0.3, -0.25) is 0 Å². The number of hydrogen-bond acceptors (Lipinski definition) is 2. The minimum Gasteiger partial charge on any atom is -0.303 e. The zero-order valence-electron chi connectivity index (χ0n) is 4.34. The van der Waals surface area contributed by atoms with Gasteiger partial charge in [0.1, 0.15) is 12.6 Å². The van der Waals surface area contributed by atoms with Crippen LogP contribution in [-0.4, -0.2) is 16.5 Å². The molecule has 0 aliphatic heterocycles. The summed E-state index contributed by atoms with van der Waals surface area (Å²) in [5.41, 5.74) is 0. The SMILES string of the molecule is O=CCCC(I)C=O. The Morgan fingerprint density at radius 1 is 1.50 bits per heavy atom. The molecular weight excluding hydrogens is 219 g/mol. The average molecular weight is 226 g/mol. The molecule has 0 aromatic carbocycles. The molecule has 0 aromatic rings. The Labute approximate surface area is 61.8 Å². The predicted molar refractivity (Wildman–Crippen MR) is 39.2 cm³/mol. The maximum atomic E-state index is 9.89. The maximum Gasteiger partial charge on any atom is 0.132 e. The van der Waals surface area contributed by atoms with Gasteiger partial charge in [0.25, 0.3) is 0 Å². The number of halogens is 1. The molecule has 1 unspecified atom stereocenters. The Bertz CT molecular complexity index is 82.5. The molecule has 0 aliphatic carbocycles. The maximum absolute atomic E-state index is 9.89. The highest BCUT2D eigenvalue weighted by Crippen LogP contribution is 2.02. The Kier molecular flexibility index (Phi) is 5.26. The summed E-state index contributed by atoms with van der Waals surface area (Å²) in [4.78, 5) is 19.6. The number of rotatable bonds is 4. The van der Waals surface area contributed by atoms with E-state index >= 15 is 0 Å². The molecule has 2 nitrogen and oxygen atoms in total. The minimum atomic E-state index is 0.0119. The largest absolute Gasteiger partial charge is 0.303 e. The molecule has 0 saturated heterocycles. The van der Waals surface area contributed by atoms with Crippen LogP contribution in [0, 0.1) is 0 Å². The van der Waals surface area contributed by atoms with Gasteiger partial charge in [-0.2, -0.15) is 0 Å². The van der Waals surface area contributed by atoms with Crippen molar-refractivity contribution in [1.82, 2.24) is 0 Å². The van der Waals surface area contributed by atoms with E-state index in [1.54, 1.807) is 0 Å². The van der Waals surface area contributed by atoms with Gasteiger partial charge < -0.3 is 9.59 Å². The topological polar surface area (TPSA) is 34.1 Å². The minimum absolute atomic E-state index is 0.0119. The first-order valence-electron chi connectivity index (χ1n) is 2.34. The van der Waals surface area contributed by atoms with Crippen molar-refractivity contribution < 1.29 is 9.59 Å².